The summed E-state index contributed by atoms with van der Waals surface area (Å²) in [5, 5.41) is 17.3. The predicted molar refractivity (Wildman–Crippen MR) is 107 cm³/mol. The van der Waals surface area contributed by atoms with Crippen molar-refractivity contribution in [2.75, 3.05) is 32.4 Å². The topological polar surface area (TPSA) is 160 Å². The van der Waals surface area contributed by atoms with Gasteiger partial charge in [0.1, 0.15) is 0 Å². The third-order valence-electron chi connectivity index (χ3n) is 3.89. The van der Waals surface area contributed by atoms with E-state index in [4.69, 9.17) is 22.0 Å². The summed E-state index contributed by atoms with van der Waals surface area (Å²) >= 11 is 1.75. The molecule has 1 aromatic heterocycles. The van der Waals surface area contributed by atoms with Crippen LogP contribution in [-0.2, 0) is 5.75 Å². The van der Waals surface area contributed by atoms with Crippen molar-refractivity contribution in [1.29, 1.82) is 10.5 Å². The number of rotatable bonds is 10. The molecule has 0 spiro atoms. The zero-order chi connectivity index (χ0) is 20.1. The number of aliphatic imine (C=N–C) groups is 2. The molecule has 0 atom stereocenters. The Morgan fingerprint density at radius 2 is 1.85 bits per heavy atom. The molecule has 1 aromatic rings. The highest BCUT2D eigenvalue weighted by Crippen LogP contribution is 2.12. The van der Waals surface area contributed by atoms with Gasteiger partial charge in [0.2, 0.25) is 24.3 Å². The van der Waals surface area contributed by atoms with E-state index in [1.54, 1.807) is 42.4 Å². The van der Waals surface area contributed by atoms with E-state index in [0.717, 1.165) is 35.7 Å². The van der Waals surface area contributed by atoms with Gasteiger partial charge in [-0.25, -0.2) is 4.98 Å². The van der Waals surface area contributed by atoms with Crippen LogP contribution < -0.4 is 11.5 Å². The number of nitrogens with zero attached hydrogens (tertiary/aromatic N) is 7. The van der Waals surface area contributed by atoms with E-state index in [1.165, 1.54) is 0 Å². The summed E-state index contributed by atoms with van der Waals surface area (Å²) in [6.07, 6.45) is 6.78. The summed E-state index contributed by atoms with van der Waals surface area (Å²) in [6.45, 7) is 4.05. The van der Waals surface area contributed by atoms with Crippen LogP contribution in [0.3, 0.4) is 0 Å². The Labute approximate surface area is 164 Å². The maximum Gasteiger partial charge on any atom is 0.209 e. The standard InChI is InChI=1S/C16H26N10S/c1-13-14(24-12-23-13)9-27-8-7-26(16(20)22-11-18)6-4-3-5-25(2)15(19)21-10-17/h12H,3-9H2,1-2H3,(H2,19,21)(H2,20,22)(H,23,24). The van der Waals surface area contributed by atoms with Gasteiger partial charge < -0.3 is 26.3 Å². The second-order valence-electron chi connectivity index (χ2n) is 5.78. The van der Waals surface area contributed by atoms with Gasteiger partial charge in [0, 0.05) is 43.9 Å². The van der Waals surface area contributed by atoms with Crippen molar-refractivity contribution in [3.8, 4) is 12.4 Å². The van der Waals surface area contributed by atoms with Gasteiger partial charge in [-0.15, -0.1) is 9.98 Å². The Hall–Kier alpha value is -2.92. The van der Waals surface area contributed by atoms with E-state index in [-0.39, 0.29) is 11.9 Å². The molecule has 0 unspecified atom stereocenters. The minimum Gasteiger partial charge on any atom is -0.369 e. The number of nitriles is 2. The van der Waals surface area contributed by atoms with Gasteiger partial charge >= 0.3 is 0 Å². The SMILES string of the molecule is Cc1[nH]cnc1CSCCN(CCCCN(C)C(N)=NC#N)C(N)=NC#N. The first-order chi connectivity index (χ1) is 13.0. The molecule has 0 aliphatic carbocycles. The number of hydrogen-bond acceptors (Lipinski definition) is 6. The number of aryl methyl sites for hydroxylation is 1. The third-order valence-corrected chi connectivity index (χ3v) is 4.84. The van der Waals surface area contributed by atoms with Gasteiger partial charge in [-0.05, 0) is 19.8 Å². The second-order valence-corrected chi connectivity index (χ2v) is 6.89. The second kappa shape index (κ2) is 12.4. The summed E-state index contributed by atoms with van der Waals surface area (Å²) in [5.41, 5.74) is 13.7. The number of guanidine groups is 2. The van der Waals surface area contributed by atoms with Crippen molar-refractivity contribution in [1.82, 2.24) is 19.8 Å². The number of hydrogen-bond donors (Lipinski definition) is 3. The molecule has 1 heterocycles. The largest absolute Gasteiger partial charge is 0.369 e. The van der Waals surface area contributed by atoms with Gasteiger partial charge in [-0.2, -0.15) is 22.3 Å². The number of thioether (sulfide) groups is 1. The number of nitrogens with one attached hydrogen (secondary N) is 1. The lowest BCUT2D eigenvalue weighted by Gasteiger charge is -2.23. The summed E-state index contributed by atoms with van der Waals surface area (Å²) in [5.74, 6) is 2.09. The lowest BCUT2D eigenvalue weighted by atomic mass is 10.3. The number of aromatic amines is 1. The number of imidazole rings is 1. The highest BCUT2D eigenvalue weighted by atomic mass is 32.2. The highest BCUT2D eigenvalue weighted by Gasteiger charge is 2.09. The lowest BCUT2D eigenvalue weighted by Crippen LogP contribution is -2.40. The summed E-state index contributed by atoms with van der Waals surface area (Å²) in [7, 11) is 1.78. The molecule has 0 saturated heterocycles. The number of aromatic nitrogens is 2. The molecular weight excluding hydrogens is 364 g/mol. The first-order valence-corrected chi connectivity index (χ1v) is 9.62. The Kier molecular flexibility index (Phi) is 10.2. The molecule has 27 heavy (non-hydrogen) atoms. The molecule has 10 nitrogen and oxygen atoms in total. The predicted octanol–water partition coefficient (Wildman–Crippen LogP) is 0.557. The fraction of sp³-hybridized carbons (Fsp3) is 0.562. The monoisotopic (exact) mass is 390 g/mol. The molecule has 11 heteroatoms. The number of unbranched alkanes of at least 4 members (excludes halogenated alkanes) is 1. The molecule has 0 aliphatic heterocycles. The van der Waals surface area contributed by atoms with Crippen molar-refractivity contribution >= 4 is 23.7 Å². The van der Waals surface area contributed by atoms with Crippen LogP contribution in [0, 0.1) is 29.8 Å². The van der Waals surface area contributed by atoms with Crippen LogP contribution in [-0.4, -0.2) is 64.1 Å². The first-order valence-electron chi connectivity index (χ1n) is 8.46. The highest BCUT2D eigenvalue weighted by molar-refractivity contribution is 7.98. The van der Waals surface area contributed by atoms with Crippen LogP contribution in [0.25, 0.3) is 0 Å². The van der Waals surface area contributed by atoms with Gasteiger partial charge in [-0.1, -0.05) is 0 Å². The van der Waals surface area contributed by atoms with E-state index >= 15 is 0 Å². The van der Waals surface area contributed by atoms with Crippen LogP contribution in [0.2, 0.25) is 0 Å². The Bertz CT molecular complexity index is 712. The van der Waals surface area contributed by atoms with Crippen LogP contribution in [0.15, 0.2) is 16.3 Å². The van der Waals surface area contributed by atoms with Crippen LogP contribution in [0.5, 0.6) is 0 Å². The summed E-state index contributed by atoms with van der Waals surface area (Å²) in [4.78, 5) is 18.1. The Balaban J connectivity index is 2.40. The molecule has 0 amide bonds. The average molecular weight is 391 g/mol. The molecule has 1 rings (SSSR count). The molecule has 5 N–H and O–H groups in total. The van der Waals surface area contributed by atoms with Gasteiger partial charge in [0.15, 0.2) is 0 Å². The molecule has 0 aromatic carbocycles. The maximum atomic E-state index is 8.75. The van der Waals surface area contributed by atoms with Gasteiger partial charge in [0.25, 0.3) is 0 Å². The van der Waals surface area contributed by atoms with Gasteiger partial charge in [0.05, 0.1) is 12.0 Å². The van der Waals surface area contributed by atoms with Crippen molar-refractivity contribution in [3.63, 3.8) is 0 Å². The Morgan fingerprint density at radius 3 is 2.48 bits per heavy atom. The van der Waals surface area contributed by atoms with Crippen molar-refractivity contribution in [2.45, 2.75) is 25.5 Å². The molecule has 0 aliphatic rings. The summed E-state index contributed by atoms with van der Waals surface area (Å²) < 4.78 is 0. The maximum absolute atomic E-state index is 8.75. The van der Waals surface area contributed by atoms with Crippen LogP contribution in [0.4, 0.5) is 0 Å². The fourth-order valence-corrected chi connectivity index (χ4v) is 3.22. The lowest BCUT2D eigenvalue weighted by molar-refractivity contribution is 0.399. The van der Waals surface area contributed by atoms with Gasteiger partial charge in [-0.3, -0.25) is 0 Å². The normalized spacial score (nSPS) is 11.7. The minimum absolute atomic E-state index is 0.199. The number of nitrogens with two attached hydrogens (primary N) is 2. The summed E-state index contributed by atoms with van der Waals surface area (Å²) in [6, 6.07) is 0. The average Bonchev–Trinajstić information content (AvgIpc) is 3.05. The van der Waals surface area contributed by atoms with Crippen molar-refractivity contribution in [2.24, 2.45) is 21.5 Å². The molecular formula is C16H26N10S. The van der Waals surface area contributed by atoms with Crippen molar-refractivity contribution < 1.29 is 0 Å². The molecule has 0 bridgehead atoms. The van der Waals surface area contributed by atoms with E-state index in [2.05, 4.69) is 20.0 Å². The number of H-pyrrole nitrogens is 1. The van der Waals surface area contributed by atoms with E-state index < -0.39 is 0 Å². The van der Waals surface area contributed by atoms with Crippen LogP contribution >= 0.6 is 11.8 Å². The van der Waals surface area contributed by atoms with E-state index in [1.807, 2.05) is 11.8 Å². The van der Waals surface area contributed by atoms with Crippen LogP contribution in [0.1, 0.15) is 24.2 Å². The zero-order valence-electron chi connectivity index (χ0n) is 15.7. The van der Waals surface area contributed by atoms with E-state index in [9.17, 15) is 0 Å². The molecule has 146 valence electrons. The minimum atomic E-state index is 0.199. The van der Waals surface area contributed by atoms with E-state index in [0.29, 0.717) is 19.6 Å². The quantitative estimate of drug-likeness (QED) is 0.226. The molecule has 0 saturated carbocycles. The van der Waals surface area contributed by atoms with Crippen molar-refractivity contribution in [3.05, 3.63) is 17.7 Å². The third kappa shape index (κ3) is 8.33. The zero-order valence-corrected chi connectivity index (χ0v) is 16.5. The smallest absolute Gasteiger partial charge is 0.209 e. The first kappa shape index (κ1) is 22.1. The fourth-order valence-electron chi connectivity index (χ4n) is 2.24. The molecule has 0 radical (unpaired) electrons. The Morgan fingerprint density at radius 1 is 1.19 bits per heavy atom. The molecule has 0 fully saturated rings.